The summed E-state index contributed by atoms with van der Waals surface area (Å²) in [6, 6.07) is 17.3. The van der Waals surface area contributed by atoms with Gasteiger partial charge in [-0.2, -0.15) is 0 Å². The van der Waals surface area contributed by atoms with Crippen LogP contribution in [0.2, 0.25) is 0 Å². The molecular weight excluding hydrogens is 424 g/mol. The number of thiazole rings is 1. The lowest BCUT2D eigenvalue weighted by atomic mass is 10.0. The maximum atomic E-state index is 10.2. The SMILES string of the molecule is COc1ccc(-c2csc(N=Cc3c(O)ccc4ccccc34)n2)cc1Br. The molecule has 0 amide bonds. The van der Waals surface area contributed by atoms with Crippen molar-refractivity contribution in [1.82, 2.24) is 4.98 Å². The molecule has 0 aliphatic rings. The first-order valence-corrected chi connectivity index (χ1v) is 9.87. The first-order chi connectivity index (χ1) is 13.2. The molecule has 6 heteroatoms. The second-order valence-electron chi connectivity index (χ2n) is 5.84. The number of hydrogen-bond donors (Lipinski definition) is 1. The summed E-state index contributed by atoms with van der Waals surface area (Å²) >= 11 is 4.95. The van der Waals surface area contributed by atoms with Gasteiger partial charge in [-0.15, -0.1) is 11.3 Å². The Morgan fingerprint density at radius 3 is 2.81 bits per heavy atom. The molecule has 1 heterocycles. The van der Waals surface area contributed by atoms with Crippen LogP contribution in [0, 0.1) is 0 Å². The summed E-state index contributed by atoms with van der Waals surface area (Å²) in [4.78, 5) is 9.05. The highest BCUT2D eigenvalue weighted by Crippen LogP contribution is 2.33. The van der Waals surface area contributed by atoms with Crippen LogP contribution in [0.25, 0.3) is 22.0 Å². The number of methoxy groups -OCH3 is 1. The van der Waals surface area contributed by atoms with E-state index in [9.17, 15) is 5.11 Å². The number of nitrogens with zero attached hydrogens (tertiary/aromatic N) is 2. The monoisotopic (exact) mass is 438 g/mol. The molecule has 1 aromatic heterocycles. The fraction of sp³-hybridized carbons (Fsp3) is 0.0476. The topological polar surface area (TPSA) is 54.7 Å². The molecule has 4 nitrogen and oxygen atoms in total. The van der Waals surface area contributed by atoms with Gasteiger partial charge in [0.15, 0.2) is 0 Å². The number of halogens is 1. The van der Waals surface area contributed by atoms with Gasteiger partial charge in [0.05, 0.1) is 17.3 Å². The molecule has 0 fully saturated rings. The Balaban J connectivity index is 1.65. The lowest BCUT2D eigenvalue weighted by Crippen LogP contribution is -1.86. The highest BCUT2D eigenvalue weighted by Gasteiger charge is 2.08. The van der Waals surface area contributed by atoms with Crippen molar-refractivity contribution in [3.8, 4) is 22.8 Å². The highest BCUT2D eigenvalue weighted by molar-refractivity contribution is 9.10. The predicted octanol–water partition coefficient (Wildman–Crippen LogP) is 6.19. The molecule has 4 aromatic rings. The molecule has 1 N–H and O–H groups in total. The van der Waals surface area contributed by atoms with E-state index in [1.165, 1.54) is 11.3 Å². The first kappa shape index (κ1) is 17.7. The minimum Gasteiger partial charge on any atom is -0.507 e. The summed E-state index contributed by atoms with van der Waals surface area (Å²) in [5.74, 6) is 0.979. The smallest absolute Gasteiger partial charge is 0.209 e. The Bertz CT molecular complexity index is 1150. The number of aromatic hydroxyl groups is 1. The van der Waals surface area contributed by atoms with Gasteiger partial charge >= 0.3 is 0 Å². The van der Waals surface area contributed by atoms with E-state index in [0.29, 0.717) is 10.7 Å². The van der Waals surface area contributed by atoms with Gasteiger partial charge in [-0.25, -0.2) is 9.98 Å². The number of ether oxygens (including phenoxy) is 1. The lowest BCUT2D eigenvalue weighted by Gasteiger charge is -2.04. The Labute approximate surface area is 168 Å². The fourth-order valence-electron chi connectivity index (χ4n) is 2.82. The van der Waals surface area contributed by atoms with Crippen LogP contribution in [0.5, 0.6) is 11.5 Å². The van der Waals surface area contributed by atoms with Crippen molar-refractivity contribution in [2.75, 3.05) is 7.11 Å². The molecule has 0 unspecified atom stereocenters. The maximum Gasteiger partial charge on any atom is 0.209 e. The molecule has 0 aliphatic carbocycles. The average Bonchev–Trinajstić information content (AvgIpc) is 3.16. The minimum absolute atomic E-state index is 0.202. The van der Waals surface area contributed by atoms with Crippen molar-refractivity contribution < 1.29 is 9.84 Å². The zero-order chi connectivity index (χ0) is 18.8. The highest BCUT2D eigenvalue weighted by atomic mass is 79.9. The molecule has 0 radical (unpaired) electrons. The van der Waals surface area contributed by atoms with Crippen LogP contribution in [0.4, 0.5) is 5.13 Å². The molecule has 134 valence electrons. The number of hydrogen-bond acceptors (Lipinski definition) is 5. The normalized spacial score (nSPS) is 11.3. The maximum absolute atomic E-state index is 10.2. The number of phenols is 1. The van der Waals surface area contributed by atoms with E-state index >= 15 is 0 Å². The van der Waals surface area contributed by atoms with E-state index in [4.69, 9.17) is 4.74 Å². The molecule has 0 atom stereocenters. The first-order valence-electron chi connectivity index (χ1n) is 8.20. The van der Waals surface area contributed by atoms with Gasteiger partial charge in [-0.3, -0.25) is 0 Å². The Kier molecular flexibility index (Phi) is 4.92. The third kappa shape index (κ3) is 3.59. The summed E-state index contributed by atoms with van der Waals surface area (Å²) in [7, 11) is 1.64. The zero-order valence-corrected chi connectivity index (χ0v) is 16.8. The van der Waals surface area contributed by atoms with Crippen molar-refractivity contribution in [3.05, 3.63) is 70.0 Å². The number of aliphatic imine (C=N–C) groups is 1. The number of rotatable bonds is 4. The van der Waals surface area contributed by atoms with E-state index in [2.05, 4.69) is 25.9 Å². The van der Waals surface area contributed by atoms with E-state index in [1.54, 1.807) is 19.4 Å². The lowest BCUT2D eigenvalue weighted by molar-refractivity contribution is 0.412. The van der Waals surface area contributed by atoms with Crippen molar-refractivity contribution >= 4 is 49.4 Å². The Hall–Kier alpha value is -2.70. The summed E-state index contributed by atoms with van der Waals surface area (Å²) in [6.45, 7) is 0. The quantitative estimate of drug-likeness (QED) is 0.386. The molecule has 4 rings (SSSR count). The van der Waals surface area contributed by atoms with Crippen molar-refractivity contribution in [3.63, 3.8) is 0 Å². The number of benzene rings is 3. The molecule has 27 heavy (non-hydrogen) atoms. The molecule has 3 aromatic carbocycles. The summed E-state index contributed by atoms with van der Waals surface area (Å²) < 4.78 is 6.14. The van der Waals surface area contributed by atoms with E-state index in [1.807, 2.05) is 53.9 Å². The molecule has 0 bridgehead atoms. The standard InChI is InChI=1S/C21H15BrN2O2S/c1-26-20-9-7-14(10-17(20)22)18-12-27-21(24-18)23-11-16-15-5-3-2-4-13(15)6-8-19(16)25/h2-12,25H,1H3. The Morgan fingerprint density at radius 1 is 1.15 bits per heavy atom. The van der Waals surface area contributed by atoms with Crippen LogP contribution in [-0.2, 0) is 0 Å². The molecular formula is C21H15BrN2O2S. The van der Waals surface area contributed by atoms with E-state index < -0.39 is 0 Å². The van der Waals surface area contributed by atoms with Crippen LogP contribution < -0.4 is 4.74 Å². The minimum atomic E-state index is 0.202. The van der Waals surface area contributed by atoms with Gasteiger partial charge in [-0.05, 0) is 51.0 Å². The number of phenolic OH excluding ortho intramolecular Hbond substituents is 1. The summed E-state index contributed by atoms with van der Waals surface area (Å²) in [5.41, 5.74) is 2.52. The second-order valence-corrected chi connectivity index (χ2v) is 7.53. The Morgan fingerprint density at radius 2 is 2.00 bits per heavy atom. The van der Waals surface area contributed by atoms with Crippen molar-refractivity contribution in [2.24, 2.45) is 4.99 Å². The van der Waals surface area contributed by atoms with E-state index in [-0.39, 0.29) is 5.75 Å². The molecule has 0 spiro atoms. The fourth-order valence-corrected chi connectivity index (χ4v) is 4.03. The third-order valence-electron chi connectivity index (χ3n) is 4.19. The zero-order valence-electron chi connectivity index (χ0n) is 14.4. The van der Waals surface area contributed by atoms with Gasteiger partial charge in [0.2, 0.25) is 5.13 Å². The molecule has 0 saturated carbocycles. The summed E-state index contributed by atoms with van der Waals surface area (Å²) in [6.07, 6.45) is 1.67. The van der Waals surface area contributed by atoms with Gasteiger partial charge in [0, 0.05) is 22.7 Å². The van der Waals surface area contributed by atoms with Gasteiger partial charge in [0.1, 0.15) is 11.5 Å². The van der Waals surface area contributed by atoms with Gasteiger partial charge < -0.3 is 9.84 Å². The third-order valence-corrected chi connectivity index (χ3v) is 5.56. The van der Waals surface area contributed by atoms with E-state index in [0.717, 1.165) is 32.3 Å². The molecule has 0 saturated heterocycles. The van der Waals surface area contributed by atoms with Crippen LogP contribution >= 0.6 is 27.3 Å². The predicted molar refractivity (Wildman–Crippen MR) is 115 cm³/mol. The van der Waals surface area contributed by atoms with Crippen molar-refractivity contribution in [2.45, 2.75) is 0 Å². The molecule has 0 aliphatic heterocycles. The van der Waals surface area contributed by atoms with Crippen LogP contribution in [-0.4, -0.2) is 23.4 Å². The van der Waals surface area contributed by atoms with Crippen molar-refractivity contribution in [1.29, 1.82) is 0 Å². The summed E-state index contributed by atoms with van der Waals surface area (Å²) in [5, 5.41) is 14.8. The second kappa shape index (κ2) is 7.50. The van der Waals surface area contributed by atoms with Gasteiger partial charge in [0.25, 0.3) is 0 Å². The van der Waals surface area contributed by atoms with Gasteiger partial charge in [-0.1, -0.05) is 30.3 Å². The average molecular weight is 439 g/mol. The number of aromatic nitrogens is 1. The van der Waals surface area contributed by atoms with Crippen LogP contribution in [0.15, 0.2) is 69.4 Å². The van der Waals surface area contributed by atoms with Crippen LogP contribution in [0.1, 0.15) is 5.56 Å². The van der Waals surface area contributed by atoms with Crippen LogP contribution in [0.3, 0.4) is 0 Å². The number of fused-ring (bicyclic) bond motifs is 1. The largest absolute Gasteiger partial charge is 0.507 e.